The predicted octanol–water partition coefficient (Wildman–Crippen LogP) is 3.79. The highest BCUT2D eigenvalue weighted by Gasteiger charge is 2.27. The molecule has 7 nitrogen and oxygen atoms in total. The molecule has 1 aliphatic carbocycles. The number of nitrogens with one attached hydrogen (secondary N) is 2. The smallest absolute Gasteiger partial charge is 0.240 e. The number of aromatic amines is 1. The van der Waals surface area contributed by atoms with Crippen LogP contribution in [0.5, 0.6) is 0 Å². The Labute approximate surface area is 176 Å². The number of nitrogens with zero attached hydrogens (tertiary/aromatic N) is 2. The number of hydrogen-bond acceptors (Lipinski definition) is 5. The fourth-order valence-electron chi connectivity index (χ4n) is 4.41. The van der Waals surface area contributed by atoms with Gasteiger partial charge in [-0.1, -0.05) is 18.6 Å². The van der Waals surface area contributed by atoms with E-state index in [0.29, 0.717) is 12.2 Å². The number of H-pyrrole nitrogens is 1. The van der Waals surface area contributed by atoms with Gasteiger partial charge in [-0.3, -0.25) is 5.10 Å². The third-order valence-electron chi connectivity index (χ3n) is 5.99. The van der Waals surface area contributed by atoms with Gasteiger partial charge in [0, 0.05) is 17.3 Å². The molecule has 3 aromatic rings. The van der Waals surface area contributed by atoms with Gasteiger partial charge in [-0.05, 0) is 73.6 Å². The molecule has 1 aliphatic rings. The minimum Gasteiger partial charge on any atom is -0.382 e. The largest absolute Gasteiger partial charge is 0.382 e. The number of hydrogen-bond donors (Lipinski definition) is 3. The lowest BCUT2D eigenvalue weighted by Gasteiger charge is -2.26. The molecule has 1 fully saturated rings. The molecule has 2 aromatic carbocycles. The van der Waals surface area contributed by atoms with Gasteiger partial charge in [0.15, 0.2) is 5.82 Å². The van der Waals surface area contributed by atoms with E-state index in [1.807, 2.05) is 32.0 Å². The molecule has 0 saturated heterocycles. The average molecular weight is 424 g/mol. The number of fused-ring (bicyclic) bond motifs is 1. The van der Waals surface area contributed by atoms with Gasteiger partial charge >= 0.3 is 0 Å². The van der Waals surface area contributed by atoms with Crippen LogP contribution >= 0.6 is 0 Å². The van der Waals surface area contributed by atoms with Crippen LogP contribution in [0.25, 0.3) is 22.0 Å². The zero-order valence-corrected chi connectivity index (χ0v) is 17.9. The van der Waals surface area contributed by atoms with Crippen molar-refractivity contribution < 1.29 is 8.42 Å². The van der Waals surface area contributed by atoms with Crippen molar-refractivity contribution in [3.8, 4) is 17.2 Å². The molecular weight excluding hydrogens is 398 g/mol. The number of nitriles is 1. The summed E-state index contributed by atoms with van der Waals surface area (Å²) in [6, 6.07) is 11.2. The quantitative estimate of drug-likeness (QED) is 0.589. The Morgan fingerprint density at radius 3 is 2.70 bits per heavy atom. The first kappa shape index (κ1) is 20.4. The van der Waals surface area contributed by atoms with Gasteiger partial charge in [0.2, 0.25) is 10.0 Å². The number of benzene rings is 2. The minimum absolute atomic E-state index is 0.0798. The maximum atomic E-state index is 12.9. The third-order valence-corrected chi connectivity index (χ3v) is 7.51. The number of aromatic nitrogens is 2. The molecule has 0 radical (unpaired) electrons. The average Bonchev–Trinajstić information content (AvgIpc) is 3.10. The molecule has 1 aromatic heterocycles. The summed E-state index contributed by atoms with van der Waals surface area (Å²) in [6.45, 7) is 3.90. The second-order valence-corrected chi connectivity index (χ2v) is 9.77. The van der Waals surface area contributed by atoms with Crippen LogP contribution in [0.1, 0.15) is 36.8 Å². The first-order chi connectivity index (χ1) is 14.3. The number of sulfonamides is 1. The summed E-state index contributed by atoms with van der Waals surface area (Å²) in [5.74, 6) is 0.373. The zero-order chi connectivity index (χ0) is 21.5. The summed E-state index contributed by atoms with van der Waals surface area (Å²) in [6.07, 6.45) is 3.04. The molecule has 1 heterocycles. The highest BCUT2D eigenvalue weighted by molar-refractivity contribution is 7.89. The van der Waals surface area contributed by atoms with Crippen LogP contribution in [0.4, 0.5) is 5.82 Å². The number of rotatable bonds is 4. The number of nitrogens with two attached hydrogens (primary N) is 1. The van der Waals surface area contributed by atoms with Crippen LogP contribution in [0, 0.1) is 31.1 Å². The van der Waals surface area contributed by atoms with Crippen LogP contribution in [-0.4, -0.2) is 24.7 Å². The molecule has 4 N–H and O–H groups in total. The summed E-state index contributed by atoms with van der Waals surface area (Å²) in [5.41, 5.74) is 10.7. The van der Waals surface area contributed by atoms with Crippen molar-refractivity contribution in [2.45, 2.75) is 50.5 Å². The zero-order valence-electron chi connectivity index (χ0n) is 17.1. The Bertz CT molecular complexity index is 1260. The Hall–Kier alpha value is -2.89. The molecule has 8 heteroatoms. The molecule has 4 rings (SSSR count). The Morgan fingerprint density at radius 2 is 1.97 bits per heavy atom. The van der Waals surface area contributed by atoms with E-state index >= 15 is 0 Å². The van der Waals surface area contributed by atoms with Crippen molar-refractivity contribution in [3.05, 3.63) is 41.5 Å². The lowest BCUT2D eigenvalue weighted by Crippen LogP contribution is -2.38. The van der Waals surface area contributed by atoms with E-state index in [2.05, 4.69) is 21.0 Å². The third kappa shape index (κ3) is 3.66. The Morgan fingerprint density at radius 1 is 1.20 bits per heavy atom. The molecule has 1 saturated carbocycles. The van der Waals surface area contributed by atoms with Crippen LogP contribution in [-0.2, 0) is 10.0 Å². The number of anilines is 1. The minimum atomic E-state index is -3.65. The van der Waals surface area contributed by atoms with Gasteiger partial charge in [0.25, 0.3) is 0 Å². The second-order valence-electron chi connectivity index (χ2n) is 8.06. The summed E-state index contributed by atoms with van der Waals surface area (Å²) in [5, 5.41) is 17.0. The van der Waals surface area contributed by atoms with Crippen molar-refractivity contribution in [3.63, 3.8) is 0 Å². The maximum Gasteiger partial charge on any atom is 0.240 e. The van der Waals surface area contributed by atoms with Crippen molar-refractivity contribution in [2.75, 3.05) is 5.73 Å². The van der Waals surface area contributed by atoms with Gasteiger partial charge in [0.1, 0.15) is 0 Å². The SMILES string of the molecule is Cc1cc(S(=O)(=O)NC2CCCC(C#N)C2)ccc1-c1ccc2[nH]nc(N)c2c1C. The van der Waals surface area contributed by atoms with E-state index in [1.54, 1.807) is 12.1 Å². The first-order valence-corrected chi connectivity index (χ1v) is 11.5. The number of aryl methyl sites for hydroxylation is 2. The molecule has 2 unspecified atom stereocenters. The summed E-state index contributed by atoms with van der Waals surface area (Å²) in [7, 11) is -3.65. The lowest BCUT2D eigenvalue weighted by atomic mass is 9.87. The van der Waals surface area contributed by atoms with Crippen LogP contribution in [0.15, 0.2) is 35.2 Å². The maximum absolute atomic E-state index is 12.9. The summed E-state index contributed by atoms with van der Waals surface area (Å²) >= 11 is 0. The molecule has 156 valence electrons. The Kier molecular flexibility index (Phi) is 5.26. The van der Waals surface area contributed by atoms with E-state index < -0.39 is 10.0 Å². The molecule has 30 heavy (non-hydrogen) atoms. The van der Waals surface area contributed by atoms with E-state index in [0.717, 1.165) is 52.4 Å². The van der Waals surface area contributed by atoms with Crippen molar-refractivity contribution in [1.29, 1.82) is 5.26 Å². The second kappa shape index (κ2) is 7.74. The topological polar surface area (TPSA) is 125 Å². The lowest BCUT2D eigenvalue weighted by molar-refractivity contribution is 0.358. The highest BCUT2D eigenvalue weighted by Crippen LogP contribution is 2.34. The van der Waals surface area contributed by atoms with Gasteiger partial charge in [0.05, 0.1) is 16.5 Å². The van der Waals surface area contributed by atoms with Crippen LogP contribution in [0.3, 0.4) is 0 Å². The fraction of sp³-hybridized carbons (Fsp3) is 0.364. The van der Waals surface area contributed by atoms with Gasteiger partial charge < -0.3 is 5.73 Å². The molecule has 0 amide bonds. The van der Waals surface area contributed by atoms with Crippen LogP contribution < -0.4 is 10.5 Å². The van der Waals surface area contributed by atoms with Crippen molar-refractivity contribution in [2.24, 2.45) is 5.92 Å². The Balaban J connectivity index is 1.64. The van der Waals surface area contributed by atoms with E-state index in [9.17, 15) is 8.42 Å². The van der Waals surface area contributed by atoms with Crippen molar-refractivity contribution >= 4 is 26.7 Å². The monoisotopic (exact) mass is 423 g/mol. The van der Waals surface area contributed by atoms with Crippen molar-refractivity contribution in [1.82, 2.24) is 14.9 Å². The predicted molar refractivity (Wildman–Crippen MR) is 117 cm³/mol. The van der Waals surface area contributed by atoms with Crippen LogP contribution in [0.2, 0.25) is 0 Å². The first-order valence-electron chi connectivity index (χ1n) is 10.1. The fourth-order valence-corrected chi connectivity index (χ4v) is 5.78. The van der Waals surface area contributed by atoms with E-state index in [4.69, 9.17) is 11.0 Å². The molecular formula is C22H25N5O2S. The summed E-state index contributed by atoms with van der Waals surface area (Å²) < 4.78 is 28.6. The molecule has 0 spiro atoms. The number of nitrogen functional groups attached to an aromatic ring is 1. The van der Waals surface area contributed by atoms with Gasteiger partial charge in [-0.2, -0.15) is 10.4 Å². The van der Waals surface area contributed by atoms with Gasteiger partial charge in [-0.25, -0.2) is 13.1 Å². The van der Waals surface area contributed by atoms with E-state index in [1.165, 1.54) is 0 Å². The molecule has 0 aliphatic heterocycles. The van der Waals surface area contributed by atoms with Gasteiger partial charge in [-0.15, -0.1) is 0 Å². The molecule has 2 atom stereocenters. The molecule has 0 bridgehead atoms. The highest BCUT2D eigenvalue weighted by atomic mass is 32.2. The van der Waals surface area contributed by atoms with E-state index in [-0.39, 0.29) is 16.9 Å². The standard InChI is InChI=1S/C22H25N5O2S/c1-13-10-17(30(28,29)27-16-5-3-4-15(11-16)12-23)6-7-18(13)19-8-9-20-21(14(19)2)22(24)26-25-20/h6-10,15-16,27H,3-5,11H2,1-2H3,(H3,24,25,26). The normalized spacial score (nSPS) is 19.6. The summed E-state index contributed by atoms with van der Waals surface area (Å²) in [4.78, 5) is 0.240.